The molecule has 94 valence electrons. The van der Waals surface area contributed by atoms with Crippen LogP contribution in [0.2, 0.25) is 0 Å². The van der Waals surface area contributed by atoms with Crippen molar-refractivity contribution >= 4 is 38.5 Å². The van der Waals surface area contributed by atoms with Gasteiger partial charge in [-0.1, -0.05) is 40.2 Å². The molecule has 18 heavy (non-hydrogen) atoms. The Morgan fingerprint density at radius 3 is 2.44 bits per heavy atom. The summed E-state index contributed by atoms with van der Waals surface area (Å²) < 4.78 is 27.1. The first-order valence-corrected chi connectivity index (χ1v) is 7.40. The maximum atomic E-state index is 13.1. The van der Waals surface area contributed by atoms with E-state index in [0.717, 1.165) is 14.7 Å². The molecule has 0 saturated heterocycles. The summed E-state index contributed by atoms with van der Waals surface area (Å²) in [6.07, 6.45) is 0.622. The molecule has 0 heterocycles. The second-order valence-corrected chi connectivity index (χ2v) is 6.21. The zero-order chi connectivity index (χ0) is 13.1. The van der Waals surface area contributed by atoms with Crippen molar-refractivity contribution in [2.24, 2.45) is 0 Å². The standard InChI is InChI=1S/C14H10BrF2I/c15-11(10-3-1-2-4-14(10)18)7-9-5-6-12(16)13(17)8-9/h1-6,8,11H,7H2. The average Bonchev–Trinajstić information content (AvgIpc) is 2.34. The second-order valence-electron chi connectivity index (χ2n) is 3.94. The van der Waals surface area contributed by atoms with E-state index in [2.05, 4.69) is 38.5 Å². The molecule has 0 aliphatic rings. The molecule has 1 atom stereocenters. The van der Waals surface area contributed by atoms with Crippen LogP contribution in [0.5, 0.6) is 0 Å². The molecule has 0 nitrogen and oxygen atoms in total. The normalized spacial score (nSPS) is 12.4. The average molecular weight is 423 g/mol. The first-order chi connectivity index (χ1) is 8.58. The lowest BCUT2D eigenvalue weighted by atomic mass is 10.0. The Balaban J connectivity index is 2.19. The molecule has 0 N–H and O–H groups in total. The summed E-state index contributed by atoms with van der Waals surface area (Å²) in [4.78, 5) is 0.0930. The molecule has 0 spiro atoms. The molecule has 0 radical (unpaired) electrons. The summed E-state index contributed by atoms with van der Waals surface area (Å²) in [6, 6.07) is 12.0. The molecular weight excluding hydrogens is 413 g/mol. The van der Waals surface area contributed by atoms with Gasteiger partial charge in [-0.15, -0.1) is 0 Å². The lowest BCUT2D eigenvalue weighted by Crippen LogP contribution is -1.99. The third-order valence-electron chi connectivity index (χ3n) is 2.64. The van der Waals surface area contributed by atoms with Crippen LogP contribution < -0.4 is 0 Å². The number of hydrogen-bond acceptors (Lipinski definition) is 0. The van der Waals surface area contributed by atoms with Crippen LogP contribution in [0.1, 0.15) is 16.0 Å². The maximum Gasteiger partial charge on any atom is 0.159 e. The van der Waals surface area contributed by atoms with Crippen LogP contribution in [-0.4, -0.2) is 0 Å². The van der Waals surface area contributed by atoms with Gasteiger partial charge in [0.15, 0.2) is 11.6 Å². The van der Waals surface area contributed by atoms with Crippen molar-refractivity contribution in [3.63, 3.8) is 0 Å². The molecule has 0 fully saturated rings. The smallest absolute Gasteiger partial charge is 0.159 e. The van der Waals surface area contributed by atoms with Crippen LogP contribution in [0, 0.1) is 15.2 Å². The van der Waals surface area contributed by atoms with Crippen LogP contribution >= 0.6 is 38.5 Å². The van der Waals surface area contributed by atoms with Crippen LogP contribution in [0.15, 0.2) is 42.5 Å². The highest BCUT2D eigenvalue weighted by Gasteiger charge is 2.12. The van der Waals surface area contributed by atoms with Gasteiger partial charge in [0, 0.05) is 8.40 Å². The lowest BCUT2D eigenvalue weighted by Gasteiger charge is -2.12. The Hall–Kier alpha value is -0.490. The number of alkyl halides is 1. The first kappa shape index (κ1) is 13.9. The summed E-state index contributed by atoms with van der Waals surface area (Å²) in [5.41, 5.74) is 1.93. The van der Waals surface area contributed by atoms with Crippen LogP contribution in [-0.2, 0) is 6.42 Å². The zero-order valence-electron chi connectivity index (χ0n) is 9.34. The van der Waals surface area contributed by atoms with Gasteiger partial charge in [-0.05, 0) is 58.3 Å². The Morgan fingerprint density at radius 1 is 1.06 bits per heavy atom. The fourth-order valence-corrected chi connectivity index (χ4v) is 3.68. The van der Waals surface area contributed by atoms with E-state index in [1.54, 1.807) is 6.07 Å². The van der Waals surface area contributed by atoms with Gasteiger partial charge in [-0.25, -0.2) is 8.78 Å². The predicted molar refractivity (Wildman–Crippen MR) is 80.9 cm³/mol. The highest BCUT2D eigenvalue weighted by atomic mass is 127. The predicted octanol–water partition coefficient (Wildman–Crippen LogP) is 5.25. The van der Waals surface area contributed by atoms with Gasteiger partial charge >= 0.3 is 0 Å². The van der Waals surface area contributed by atoms with Crippen molar-refractivity contribution in [2.75, 3.05) is 0 Å². The fraction of sp³-hybridized carbons (Fsp3) is 0.143. The monoisotopic (exact) mass is 422 g/mol. The highest BCUT2D eigenvalue weighted by Crippen LogP contribution is 2.30. The molecule has 1 unspecified atom stereocenters. The molecule has 0 aromatic heterocycles. The van der Waals surface area contributed by atoms with Gasteiger partial charge in [0.25, 0.3) is 0 Å². The Labute approximate surface area is 127 Å². The third kappa shape index (κ3) is 3.29. The number of rotatable bonds is 3. The van der Waals surface area contributed by atoms with Crippen molar-refractivity contribution in [2.45, 2.75) is 11.2 Å². The number of benzene rings is 2. The topological polar surface area (TPSA) is 0 Å². The van der Waals surface area contributed by atoms with Gasteiger partial charge in [0.2, 0.25) is 0 Å². The van der Waals surface area contributed by atoms with Crippen LogP contribution in [0.4, 0.5) is 8.78 Å². The SMILES string of the molecule is Fc1ccc(CC(Br)c2ccccc2I)cc1F. The molecule has 4 heteroatoms. The molecule has 0 aliphatic heterocycles. The third-order valence-corrected chi connectivity index (χ3v) is 4.44. The van der Waals surface area contributed by atoms with Crippen molar-refractivity contribution in [1.29, 1.82) is 0 Å². The number of halogens is 4. The summed E-state index contributed by atoms with van der Waals surface area (Å²) in [5, 5.41) is 0. The van der Waals surface area contributed by atoms with E-state index in [-0.39, 0.29) is 4.83 Å². The molecule has 2 aromatic carbocycles. The van der Waals surface area contributed by atoms with E-state index < -0.39 is 11.6 Å². The first-order valence-electron chi connectivity index (χ1n) is 5.40. The van der Waals surface area contributed by atoms with Crippen LogP contribution in [0.25, 0.3) is 0 Å². The quantitative estimate of drug-likeness (QED) is 0.468. The summed E-state index contributed by atoms with van der Waals surface area (Å²) >= 11 is 5.86. The zero-order valence-corrected chi connectivity index (χ0v) is 13.1. The van der Waals surface area contributed by atoms with Crippen molar-refractivity contribution in [3.05, 3.63) is 68.8 Å². The minimum absolute atomic E-state index is 0.0930. The Kier molecular flexibility index (Phi) is 4.72. The largest absolute Gasteiger partial charge is 0.204 e. The minimum Gasteiger partial charge on any atom is -0.204 e. The van der Waals surface area contributed by atoms with Crippen LogP contribution in [0.3, 0.4) is 0 Å². The van der Waals surface area contributed by atoms with Crippen molar-refractivity contribution in [1.82, 2.24) is 0 Å². The molecule has 2 rings (SSSR count). The highest BCUT2D eigenvalue weighted by molar-refractivity contribution is 14.1. The van der Waals surface area contributed by atoms with Gasteiger partial charge in [-0.2, -0.15) is 0 Å². The molecule has 0 amide bonds. The summed E-state index contributed by atoms with van der Waals surface area (Å²) in [5.74, 6) is -1.60. The summed E-state index contributed by atoms with van der Waals surface area (Å²) in [7, 11) is 0. The Morgan fingerprint density at radius 2 is 1.78 bits per heavy atom. The second kappa shape index (κ2) is 6.10. The van der Waals surface area contributed by atoms with Crippen molar-refractivity contribution in [3.8, 4) is 0 Å². The number of hydrogen-bond donors (Lipinski definition) is 0. The van der Waals surface area contributed by atoms with E-state index in [9.17, 15) is 8.78 Å². The Bertz CT molecular complexity index is 557. The van der Waals surface area contributed by atoms with E-state index >= 15 is 0 Å². The van der Waals surface area contributed by atoms with E-state index in [1.807, 2.05) is 24.3 Å². The van der Waals surface area contributed by atoms with E-state index in [0.29, 0.717) is 6.42 Å². The molecule has 0 aliphatic carbocycles. The summed E-state index contributed by atoms with van der Waals surface area (Å²) in [6.45, 7) is 0. The maximum absolute atomic E-state index is 13.1. The van der Waals surface area contributed by atoms with E-state index in [1.165, 1.54) is 12.1 Å². The molecule has 2 aromatic rings. The van der Waals surface area contributed by atoms with Crippen molar-refractivity contribution < 1.29 is 8.78 Å². The molecule has 0 saturated carbocycles. The van der Waals surface area contributed by atoms with E-state index in [4.69, 9.17) is 0 Å². The van der Waals surface area contributed by atoms with Gasteiger partial charge in [-0.3, -0.25) is 0 Å². The minimum atomic E-state index is -0.806. The molecular formula is C14H10BrF2I. The van der Waals surface area contributed by atoms with Gasteiger partial charge in [0.1, 0.15) is 0 Å². The van der Waals surface area contributed by atoms with Gasteiger partial charge in [0.05, 0.1) is 0 Å². The fourth-order valence-electron chi connectivity index (χ4n) is 1.71. The lowest BCUT2D eigenvalue weighted by molar-refractivity contribution is 0.507. The van der Waals surface area contributed by atoms with Gasteiger partial charge < -0.3 is 0 Å². The molecule has 0 bridgehead atoms.